The standard InChI is InChI=1S/C22H20N2O2/c1-25-17-12-13-19-20(14-17)24(15-16-8-4-3-5-9-16)22(23-19)18-10-6-7-11-21(18)26-2/h3-14H,15H2,1-2H3. The van der Waals surface area contributed by atoms with Crippen LogP contribution in [-0.4, -0.2) is 23.8 Å². The molecular weight excluding hydrogens is 324 g/mol. The van der Waals surface area contributed by atoms with Crippen molar-refractivity contribution in [1.29, 1.82) is 0 Å². The fourth-order valence-electron chi connectivity index (χ4n) is 3.19. The van der Waals surface area contributed by atoms with E-state index in [-0.39, 0.29) is 0 Å². The van der Waals surface area contributed by atoms with Crippen molar-refractivity contribution in [3.8, 4) is 22.9 Å². The number of fused-ring (bicyclic) bond motifs is 1. The van der Waals surface area contributed by atoms with Gasteiger partial charge in [0.1, 0.15) is 17.3 Å². The average Bonchev–Trinajstić information content (AvgIpc) is 3.06. The van der Waals surface area contributed by atoms with E-state index >= 15 is 0 Å². The minimum atomic E-state index is 0.720. The van der Waals surface area contributed by atoms with Gasteiger partial charge in [-0.05, 0) is 29.8 Å². The van der Waals surface area contributed by atoms with Crippen LogP contribution in [0.25, 0.3) is 22.4 Å². The van der Waals surface area contributed by atoms with Gasteiger partial charge >= 0.3 is 0 Å². The molecule has 0 saturated carbocycles. The lowest BCUT2D eigenvalue weighted by Gasteiger charge is -2.12. The molecule has 0 spiro atoms. The van der Waals surface area contributed by atoms with Gasteiger partial charge in [0.25, 0.3) is 0 Å². The Morgan fingerprint density at radius 2 is 1.62 bits per heavy atom. The molecule has 0 saturated heterocycles. The zero-order valence-corrected chi connectivity index (χ0v) is 14.8. The number of methoxy groups -OCH3 is 2. The number of benzene rings is 3. The molecule has 4 rings (SSSR count). The number of hydrogen-bond donors (Lipinski definition) is 0. The quantitative estimate of drug-likeness (QED) is 0.523. The molecule has 0 radical (unpaired) electrons. The Balaban J connectivity index is 1.95. The molecule has 3 aromatic carbocycles. The van der Waals surface area contributed by atoms with Crippen LogP contribution in [0, 0.1) is 0 Å². The summed E-state index contributed by atoms with van der Waals surface area (Å²) >= 11 is 0. The Morgan fingerprint density at radius 3 is 2.38 bits per heavy atom. The highest BCUT2D eigenvalue weighted by molar-refractivity contribution is 5.83. The Labute approximate surface area is 152 Å². The van der Waals surface area contributed by atoms with Crippen LogP contribution in [0.5, 0.6) is 11.5 Å². The van der Waals surface area contributed by atoms with Crippen LogP contribution in [-0.2, 0) is 6.54 Å². The van der Waals surface area contributed by atoms with Crippen LogP contribution in [0.1, 0.15) is 5.56 Å². The number of nitrogens with zero attached hydrogens (tertiary/aromatic N) is 2. The Morgan fingerprint density at radius 1 is 0.846 bits per heavy atom. The van der Waals surface area contributed by atoms with Gasteiger partial charge in [0.15, 0.2) is 0 Å². The van der Waals surface area contributed by atoms with Gasteiger partial charge in [0, 0.05) is 12.6 Å². The minimum Gasteiger partial charge on any atom is -0.497 e. The van der Waals surface area contributed by atoms with Crippen molar-refractivity contribution in [2.24, 2.45) is 0 Å². The normalized spacial score (nSPS) is 10.8. The van der Waals surface area contributed by atoms with Crippen molar-refractivity contribution < 1.29 is 9.47 Å². The van der Waals surface area contributed by atoms with Crippen LogP contribution < -0.4 is 9.47 Å². The maximum atomic E-state index is 5.57. The van der Waals surface area contributed by atoms with Gasteiger partial charge in [-0.1, -0.05) is 42.5 Å². The molecule has 0 aliphatic rings. The zero-order chi connectivity index (χ0) is 17.9. The first kappa shape index (κ1) is 16.2. The van der Waals surface area contributed by atoms with Crippen LogP contribution in [0.3, 0.4) is 0 Å². The summed E-state index contributed by atoms with van der Waals surface area (Å²) in [6, 6.07) is 24.3. The van der Waals surface area contributed by atoms with Crippen molar-refractivity contribution in [2.45, 2.75) is 6.54 Å². The van der Waals surface area contributed by atoms with E-state index in [4.69, 9.17) is 14.5 Å². The fraction of sp³-hybridized carbons (Fsp3) is 0.136. The van der Waals surface area contributed by atoms with E-state index in [0.717, 1.165) is 40.5 Å². The first-order valence-corrected chi connectivity index (χ1v) is 8.52. The lowest BCUT2D eigenvalue weighted by molar-refractivity contribution is 0.415. The topological polar surface area (TPSA) is 36.3 Å². The second-order valence-corrected chi connectivity index (χ2v) is 6.06. The molecular formula is C22H20N2O2. The van der Waals surface area contributed by atoms with Crippen molar-refractivity contribution in [3.05, 3.63) is 78.4 Å². The summed E-state index contributed by atoms with van der Waals surface area (Å²) < 4.78 is 13.2. The van der Waals surface area contributed by atoms with Crippen molar-refractivity contribution in [2.75, 3.05) is 14.2 Å². The van der Waals surface area contributed by atoms with Gasteiger partial charge in [-0.3, -0.25) is 0 Å². The fourth-order valence-corrected chi connectivity index (χ4v) is 3.19. The van der Waals surface area contributed by atoms with E-state index < -0.39 is 0 Å². The minimum absolute atomic E-state index is 0.720. The first-order chi connectivity index (χ1) is 12.8. The summed E-state index contributed by atoms with van der Waals surface area (Å²) in [5.41, 5.74) is 4.16. The Hall–Kier alpha value is -3.27. The zero-order valence-electron chi connectivity index (χ0n) is 14.8. The van der Waals surface area contributed by atoms with Crippen molar-refractivity contribution in [3.63, 3.8) is 0 Å². The van der Waals surface area contributed by atoms with Gasteiger partial charge in [-0.15, -0.1) is 0 Å². The predicted molar refractivity (Wildman–Crippen MR) is 104 cm³/mol. The summed E-state index contributed by atoms with van der Waals surface area (Å²) in [5, 5.41) is 0. The largest absolute Gasteiger partial charge is 0.497 e. The summed E-state index contributed by atoms with van der Waals surface area (Å²) in [7, 11) is 3.37. The van der Waals surface area contributed by atoms with Gasteiger partial charge in [0.05, 0.1) is 30.8 Å². The first-order valence-electron chi connectivity index (χ1n) is 8.52. The molecule has 130 valence electrons. The number of para-hydroxylation sites is 1. The van der Waals surface area contributed by atoms with Crippen LogP contribution >= 0.6 is 0 Å². The molecule has 0 N–H and O–H groups in total. The third-order valence-corrected chi connectivity index (χ3v) is 4.49. The molecule has 4 nitrogen and oxygen atoms in total. The number of ether oxygens (including phenoxy) is 2. The van der Waals surface area contributed by atoms with Crippen LogP contribution in [0.4, 0.5) is 0 Å². The molecule has 0 atom stereocenters. The molecule has 1 heterocycles. The summed E-state index contributed by atoms with van der Waals surface area (Å²) in [4.78, 5) is 4.89. The molecule has 0 fully saturated rings. The number of aromatic nitrogens is 2. The van der Waals surface area contributed by atoms with Gasteiger partial charge in [0.2, 0.25) is 0 Å². The molecule has 0 amide bonds. The lowest BCUT2D eigenvalue weighted by atomic mass is 10.1. The van der Waals surface area contributed by atoms with E-state index in [1.165, 1.54) is 5.56 Å². The molecule has 1 aromatic heterocycles. The van der Waals surface area contributed by atoms with Crippen LogP contribution in [0.15, 0.2) is 72.8 Å². The number of hydrogen-bond acceptors (Lipinski definition) is 3. The second kappa shape index (κ2) is 6.92. The maximum Gasteiger partial charge on any atom is 0.145 e. The highest BCUT2D eigenvalue weighted by Gasteiger charge is 2.16. The van der Waals surface area contributed by atoms with Crippen molar-refractivity contribution in [1.82, 2.24) is 9.55 Å². The predicted octanol–water partition coefficient (Wildman–Crippen LogP) is 4.77. The molecule has 4 aromatic rings. The monoisotopic (exact) mass is 344 g/mol. The smallest absolute Gasteiger partial charge is 0.145 e. The molecule has 26 heavy (non-hydrogen) atoms. The Kier molecular flexibility index (Phi) is 4.32. The summed E-state index contributed by atoms with van der Waals surface area (Å²) in [5.74, 6) is 2.51. The van der Waals surface area contributed by atoms with Crippen molar-refractivity contribution >= 4 is 11.0 Å². The molecule has 0 unspecified atom stereocenters. The molecule has 4 heteroatoms. The average molecular weight is 344 g/mol. The summed E-state index contributed by atoms with van der Waals surface area (Å²) in [6.45, 7) is 0.720. The van der Waals surface area contributed by atoms with Gasteiger partial charge < -0.3 is 14.0 Å². The number of imidazole rings is 1. The molecule has 0 aliphatic carbocycles. The highest BCUT2D eigenvalue weighted by Crippen LogP contribution is 2.33. The summed E-state index contributed by atoms with van der Waals surface area (Å²) in [6.07, 6.45) is 0. The Bertz CT molecular complexity index is 1040. The van der Waals surface area contributed by atoms with Gasteiger partial charge in [-0.2, -0.15) is 0 Å². The maximum absolute atomic E-state index is 5.57. The van der Waals surface area contributed by atoms with E-state index in [1.54, 1.807) is 14.2 Å². The van der Waals surface area contributed by atoms with E-state index in [1.807, 2.05) is 48.5 Å². The van der Waals surface area contributed by atoms with E-state index in [0.29, 0.717) is 0 Å². The van der Waals surface area contributed by atoms with E-state index in [9.17, 15) is 0 Å². The SMILES string of the molecule is COc1ccc2nc(-c3ccccc3OC)n(Cc3ccccc3)c2c1. The molecule has 0 aliphatic heterocycles. The van der Waals surface area contributed by atoms with Gasteiger partial charge in [-0.25, -0.2) is 4.98 Å². The number of rotatable bonds is 5. The lowest BCUT2D eigenvalue weighted by Crippen LogP contribution is -2.03. The van der Waals surface area contributed by atoms with Crippen LogP contribution in [0.2, 0.25) is 0 Å². The third kappa shape index (κ3) is 2.90. The second-order valence-electron chi connectivity index (χ2n) is 6.06. The molecule has 0 bridgehead atoms. The van der Waals surface area contributed by atoms with E-state index in [2.05, 4.69) is 28.8 Å². The third-order valence-electron chi connectivity index (χ3n) is 4.49. The highest BCUT2D eigenvalue weighted by atomic mass is 16.5.